The van der Waals surface area contributed by atoms with Crippen molar-refractivity contribution in [1.82, 2.24) is 9.80 Å². The summed E-state index contributed by atoms with van der Waals surface area (Å²) < 4.78 is 5.43. The molecule has 3 rings (SSSR count). The van der Waals surface area contributed by atoms with Crippen LogP contribution in [0.4, 0.5) is 5.69 Å². The monoisotopic (exact) mass is 437 g/mol. The zero-order valence-corrected chi connectivity index (χ0v) is 18.1. The van der Waals surface area contributed by atoms with Crippen LogP contribution in [-0.2, 0) is 11.3 Å². The first-order valence-corrected chi connectivity index (χ1v) is 10.6. The van der Waals surface area contributed by atoms with Gasteiger partial charge in [0.05, 0.1) is 23.9 Å². The second-order valence-electron chi connectivity index (χ2n) is 6.77. The number of anilines is 1. The van der Waals surface area contributed by atoms with E-state index in [1.165, 1.54) is 5.56 Å². The van der Waals surface area contributed by atoms with E-state index in [4.69, 9.17) is 40.2 Å². The van der Waals surface area contributed by atoms with E-state index in [0.29, 0.717) is 15.2 Å². The summed E-state index contributed by atoms with van der Waals surface area (Å²) in [6.07, 6.45) is 1.03. The molecule has 28 heavy (non-hydrogen) atoms. The molecule has 1 fully saturated rings. The SMILES string of the molecule is S=C(Nc1cc(Cl)ccc1Cl)N(CCCN1CCOCC1)Cc1ccccc1. The van der Waals surface area contributed by atoms with Crippen molar-refractivity contribution in [2.75, 3.05) is 44.7 Å². The normalized spacial score (nSPS) is 14.6. The van der Waals surface area contributed by atoms with Gasteiger partial charge in [0, 0.05) is 37.7 Å². The lowest BCUT2D eigenvalue weighted by Gasteiger charge is -2.30. The van der Waals surface area contributed by atoms with E-state index in [9.17, 15) is 0 Å². The Morgan fingerprint density at radius 1 is 1.11 bits per heavy atom. The van der Waals surface area contributed by atoms with Crippen LogP contribution in [0.5, 0.6) is 0 Å². The smallest absolute Gasteiger partial charge is 0.173 e. The van der Waals surface area contributed by atoms with Gasteiger partial charge >= 0.3 is 0 Å². The number of benzene rings is 2. The zero-order chi connectivity index (χ0) is 19.8. The summed E-state index contributed by atoms with van der Waals surface area (Å²) in [4.78, 5) is 4.62. The van der Waals surface area contributed by atoms with Crippen LogP contribution in [0.3, 0.4) is 0 Å². The highest BCUT2D eigenvalue weighted by Crippen LogP contribution is 2.26. The zero-order valence-electron chi connectivity index (χ0n) is 15.7. The second-order valence-corrected chi connectivity index (χ2v) is 8.00. The molecule has 0 spiro atoms. The average Bonchev–Trinajstić information content (AvgIpc) is 2.71. The first kappa shape index (κ1) is 21.3. The van der Waals surface area contributed by atoms with E-state index in [1.54, 1.807) is 18.2 Å². The summed E-state index contributed by atoms with van der Waals surface area (Å²) in [5.74, 6) is 0. The molecule has 0 bridgehead atoms. The van der Waals surface area contributed by atoms with Gasteiger partial charge in [-0.3, -0.25) is 4.90 Å². The van der Waals surface area contributed by atoms with Gasteiger partial charge in [0.25, 0.3) is 0 Å². The number of nitrogens with one attached hydrogen (secondary N) is 1. The summed E-state index contributed by atoms with van der Waals surface area (Å²) in [7, 11) is 0. The number of ether oxygens (including phenoxy) is 1. The quantitative estimate of drug-likeness (QED) is 0.620. The van der Waals surface area contributed by atoms with E-state index in [2.05, 4.69) is 27.2 Å². The predicted molar refractivity (Wildman–Crippen MR) is 121 cm³/mol. The van der Waals surface area contributed by atoms with Crippen molar-refractivity contribution in [2.45, 2.75) is 13.0 Å². The molecule has 7 heteroatoms. The van der Waals surface area contributed by atoms with Gasteiger partial charge in [-0.05, 0) is 42.4 Å². The minimum Gasteiger partial charge on any atom is -0.379 e. The number of nitrogens with zero attached hydrogens (tertiary/aromatic N) is 2. The van der Waals surface area contributed by atoms with E-state index in [-0.39, 0.29) is 0 Å². The molecule has 2 aromatic carbocycles. The molecule has 0 saturated carbocycles. The van der Waals surface area contributed by atoms with Crippen LogP contribution >= 0.6 is 35.4 Å². The van der Waals surface area contributed by atoms with Crippen molar-refractivity contribution in [2.24, 2.45) is 0 Å². The van der Waals surface area contributed by atoms with E-state index in [1.807, 2.05) is 18.2 Å². The highest BCUT2D eigenvalue weighted by atomic mass is 35.5. The summed E-state index contributed by atoms with van der Waals surface area (Å²) in [6.45, 7) is 6.28. The van der Waals surface area contributed by atoms with Crippen LogP contribution in [0, 0.1) is 0 Å². The van der Waals surface area contributed by atoms with Crippen molar-refractivity contribution in [1.29, 1.82) is 0 Å². The van der Waals surface area contributed by atoms with Gasteiger partial charge in [0.1, 0.15) is 0 Å². The van der Waals surface area contributed by atoms with Crippen LogP contribution in [0.1, 0.15) is 12.0 Å². The molecular formula is C21H25Cl2N3OS. The van der Waals surface area contributed by atoms with Crippen LogP contribution in [0.15, 0.2) is 48.5 Å². The number of morpholine rings is 1. The number of halogens is 2. The molecule has 0 aliphatic carbocycles. The first-order valence-electron chi connectivity index (χ1n) is 9.47. The highest BCUT2D eigenvalue weighted by molar-refractivity contribution is 7.80. The fraction of sp³-hybridized carbons (Fsp3) is 0.381. The van der Waals surface area contributed by atoms with Crippen molar-refractivity contribution in [3.05, 3.63) is 64.1 Å². The Balaban J connectivity index is 1.63. The molecular weight excluding hydrogens is 413 g/mol. The molecule has 1 aliphatic rings. The fourth-order valence-corrected chi connectivity index (χ4v) is 3.76. The molecule has 0 radical (unpaired) electrons. The van der Waals surface area contributed by atoms with Gasteiger partial charge < -0.3 is 15.0 Å². The average molecular weight is 438 g/mol. The Hall–Kier alpha value is -1.37. The molecule has 4 nitrogen and oxygen atoms in total. The third kappa shape index (κ3) is 6.61. The Labute approximate surface area is 182 Å². The molecule has 0 unspecified atom stereocenters. The first-order chi connectivity index (χ1) is 13.6. The third-order valence-electron chi connectivity index (χ3n) is 4.68. The lowest BCUT2D eigenvalue weighted by Crippen LogP contribution is -2.40. The second kappa shape index (κ2) is 11.0. The maximum Gasteiger partial charge on any atom is 0.173 e. The van der Waals surface area contributed by atoms with Crippen molar-refractivity contribution in [3.63, 3.8) is 0 Å². The van der Waals surface area contributed by atoms with Gasteiger partial charge in [0.15, 0.2) is 5.11 Å². The predicted octanol–water partition coefficient (Wildman–Crippen LogP) is 4.91. The highest BCUT2D eigenvalue weighted by Gasteiger charge is 2.15. The molecule has 0 amide bonds. The van der Waals surface area contributed by atoms with Crippen molar-refractivity contribution >= 4 is 46.2 Å². The molecule has 0 aromatic heterocycles. The van der Waals surface area contributed by atoms with Crippen LogP contribution in [-0.4, -0.2) is 54.3 Å². The topological polar surface area (TPSA) is 27.7 Å². The molecule has 0 atom stereocenters. The lowest BCUT2D eigenvalue weighted by molar-refractivity contribution is 0.0368. The van der Waals surface area contributed by atoms with Crippen molar-refractivity contribution < 1.29 is 4.74 Å². The van der Waals surface area contributed by atoms with E-state index < -0.39 is 0 Å². The number of hydrogen-bond donors (Lipinski definition) is 1. The minimum absolute atomic E-state index is 0.597. The molecule has 1 saturated heterocycles. The van der Waals surface area contributed by atoms with Crippen LogP contribution < -0.4 is 5.32 Å². The molecule has 1 heterocycles. The Morgan fingerprint density at radius 2 is 1.86 bits per heavy atom. The number of rotatable bonds is 7. The standard InChI is InChI=1S/C21H25Cl2N3OS/c22-18-7-8-19(23)20(15-18)24-21(28)26(16-17-5-2-1-3-6-17)10-4-9-25-11-13-27-14-12-25/h1-3,5-8,15H,4,9-14,16H2,(H,24,28). The largest absolute Gasteiger partial charge is 0.379 e. The minimum atomic E-state index is 0.597. The lowest BCUT2D eigenvalue weighted by atomic mass is 10.2. The summed E-state index contributed by atoms with van der Waals surface area (Å²) in [5, 5.41) is 5.13. The Kier molecular flexibility index (Phi) is 8.37. The molecule has 1 aliphatic heterocycles. The summed E-state index contributed by atoms with van der Waals surface area (Å²) in [6, 6.07) is 15.7. The van der Waals surface area contributed by atoms with Gasteiger partial charge in [-0.1, -0.05) is 53.5 Å². The Morgan fingerprint density at radius 3 is 2.61 bits per heavy atom. The van der Waals surface area contributed by atoms with Gasteiger partial charge in [-0.2, -0.15) is 0 Å². The van der Waals surface area contributed by atoms with Crippen molar-refractivity contribution in [3.8, 4) is 0 Å². The van der Waals surface area contributed by atoms with Crippen LogP contribution in [0.25, 0.3) is 0 Å². The summed E-state index contributed by atoms with van der Waals surface area (Å²) in [5.41, 5.74) is 1.95. The summed E-state index contributed by atoms with van der Waals surface area (Å²) >= 11 is 18.1. The van der Waals surface area contributed by atoms with Gasteiger partial charge in [-0.15, -0.1) is 0 Å². The van der Waals surface area contributed by atoms with E-state index >= 15 is 0 Å². The number of thiocarbonyl (C=S) groups is 1. The van der Waals surface area contributed by atoms with Gasteiger partial charge in [-0.25, -0.2) is 0 Å². The molecule has 150 valence electrons. The van der Waals surface area contributed by atoms with Gasteiger partial charge in [0.2, 0.25) is 0 Å². The molecule has 1 N–H and O–H groups in total. The Bertz CT molecular complexity index is 770. The number of hydrogen-bond acceptors (Lipinski definition) is 3. The fourth-order valence-electron chi connectivity index (χ4n) is 3.15. The molecule has 2 aromatic rings. The van der Waals surface area contributed by atoms with E-state index in [0.717, 1.165) is 58.0 Å². The maximum atomic E-state index is 6.29. The van der Waals surface area contributed by atoms with Crippen LogP contribution in [0.2, 0.25) is 10.0 Å². The third-order valence-corrected chi connectivity index (χ3v) is 5.60. The maximum absolute atomic E-state index is 6.29.